The number of hydrogen-bond donors (Lipinski definition) is 0. The molecular weight excluding hydrogens is 320 g/mol. The molecule has 4 heteroatoms. The van der Waals surface area contributed by atoms with Crippen molar-refractivity contribution in [1.82, 2.24) is 4.98 Å². The van der Waals surface area contributed by atoms with Crippen molar-refractivity contribution in [2.24, 2.45) is 0 Å². The Bertz CT molecular complexity index is 292. The molecule has 1 rings (SSSR count). The van der Waals surface area contributed by atoms with E-state index in [1.54, 1.807) is 0 Å². The molecule has 0 atom stereocenters. The first-order valence-electron chi connectivity index (χ1n) is 5.20. The van der Waals surface area contributed by atoms with E-state index in [4.69, 9.17) is 0 Å². The van der Waals surface area contributed by atoms with Gasteiger partial charge < -0.3 is 4.90 Å². The van der Waals surface area contributed by atoms with Crippen LogP contribution in [0.3, 0.4) is 0 Å². The highest BCUT2D eigenvalue weighted by Gasteiger charge is 2.08. The maximum Gasteiger partial charge on any atom is 0.0592 e. The molecule has 1 heterocycles. The third kappa shape index (κ3) is 4.11. The van der Waals surface area contributed by atoms with Crippen LogP contribution in [0.15, 0.2) is 22.9 Å². The van der Waals surface area contributed by atoms with E-state index < -0.39 is 0 Å². The molecule has 0 spiro atoms. The lowest BCUT2D eigenvalue weighted by Crippen LogP contribution is -2.26. The smallest absolute Gasteiger partial charge is 0.0592 e. The molecule has 2 nitrogen and oxygen atoms in total. The fourth-order valence-corrected chi connectivity index (χ4v) is 2.36. The van der Waals surface area contributed by atoms with Crippen molar-refractivity contribution in [1.29, 1.82) is 0 Å². The molecule has 0 bridgehead atoms. The van der Waals surface area contributed by atoms with Crippen molar-refractivity contribution in [3.8, 4) is 0 Å². The van der Waals surface area contributed by atoms with Crippen LogP contribution >= 0.6 is 31.9 Å². The fraction of sp³-hybridized carbons (Fsp3) is 0.545. The van der Waals surface area contributed by atoms with E-state index in [9.17, 15) is 0 Å². The molecule has 15 heavy (non-hydrogen) atoms. The zero-order chi connectivity index (χ0) is 11.1. The molecule has 84 valence electrons. The van der Waals surface area contributed by atoms with Crippen molar-refractivity contribution in [2.75, 3.05) is 23.3 Å². The van der Waals surface area contributed by atoms with E-state index in [1.807, 2.05) is 12.4 Å². The van der Waals surface area contributed by atoms with Crippen LogP contribution in [-0.2, 0) is 0 Å². The summed E-state index contributed by atoms with van der Waals surface area (Å²) in [4.78, 5) is 6.46. The van der Waals surface area contributed by atoms with Crippen molar-refractivity contribution >= 4 is 37.5 Å². The van der Waals surface area contributed by atoms with Crippen molar-refractivity contribution in [3.63, 3.8) is 0 Å². The predicted octanol–water partition coefficient (Wildman–Crippen LogP) is 3.85. The Balaban J connectivity index is 2.74. The van der Waals surface area contributed by atoms with E-state index in [2.05, 4.69) is 54.7 Å². The molecule has 1 aromatic rings. The third-order valence-electron chi connectivity index (χ3n) is 2.23. The lowest BCUT2D eigenvalue weighted by atomic mass is 10.3. The van der Waals surface area contributed by atoms with Crippen LogP contribution in [0, 0.1) is 0 Å². The van der Waals surface area contributed by atoms with E-state index >= 15 is 0 Å². The standard InChI is InChI=1S/C11H16Br2N2/c1-2-3-7-15(8-5-12)11-4-6-14-9-10(11)13/h4,6,9H,2-3,5,7-8H2,1H3. The highest BCUT2D eigenvalue weighted by Crippen LogP contribution is 2.24. The first kappa shape index (κ1) is 13.0. The number of anilines is 1. The Morgan fingerprint density at radius 3 is 2.80 bits per heavy atom. The molecule has 0 N–H and O–H groups in total. The summed E-state index contributed by atoms with van der Waals surface area (Å²) in [5, 5.41) is 0.992. The van der Waals surface area contributed by atoms with Gasteiger partial charge in [0.15, 0.2) is 0 Å². The number of rotatable bonds is 6. The monoisotopic (exact) mass is 334 g/mol. The van der Waals surface area contributed by atoms with Gasteiger partial charge in [-0.25, -0.2) is 0 Å². The number of unbranched alkanes of at least 4 members (excludes halogenated alkanes) is 1. The summed E-state index contributed by atoms with van der Waals surface area (Å²) in [6.07, 6.45) is 6.14. The molecule has 0 radical (unpaired) electrons. The Kier molecular flexibility index (Phi) is 6.25. The van der Waals surface area contributed by atoms with Gasteiger partial charge >= 0.3 is 0 Å². The van der Waals surface area contributed by atoms with Crippen LogP contribution in [0.25, 0.3) is 0 Å². The summed E-state index contributed by atoms with van der Waals surface area (Å²) in [5.41, 5.74) is 1.23. The summed E-state index contributed by atoms with van der Waals surface area (Å²) in [7, 11) is 0. The zero-order valence-electron chi connectivity index (χ0n) is 8.92. The van der Waals surface area contributed by atoms with Crippen molar-refractivity contribution < 1.29 is 0 Å². The molecule has 1 aromatic heterocycles. The predicted molar refractivity (Wildman–Crippen MR) is 72.9 cm³/mol. The van der Waals surface area contributed by atoms with Crippen molar-refractivity contribution in [3.05, 3.63) is 22.9 Å². The van der Waals surface area contributed by atoms with Gasteiger partial charge in [0.25, 0.3) is 0 Å². The van der Waals surface area contributed by atoms with Gasteiger partial charge in [-0.05, 0) is 28.4 Å². The normalized spacial score (nSPS) is 10.3. The lowest BCUT2D eigenvalue weighted by Gasteiger charge is -2.24. The summed E-state index contributed by atoms with van der Waals surface area (Å²) in [6, 6.07) is 2.06. The molecule has 0 unspecified atom stereocenters. The number of pyridine rings is 1. The van der Waals surface area contributed by atoms with Gasteiger partial charge in [-0.3, -0.25) is 4.98 Å². The molecule has 0 saturated heterocycles. The highest BCUT2D eigenvalue weighted by atomic mass is 79.9. The Morgan fingerprint density at radius 1 is 1.40 bits per heavy atom. The molecule has 0 aliphatic heterocycles. The fourth-order valence-electron chi connectivity index (χ4n) is 1.43. The third-order valence-corrected chi connectivity index (χ3v) is 3.19. The van der Waals surface area contributed by atoms with Crippen LogP contribution in [0.4, 0.5) is 5.69 Å². The van der Waals surface area contributed by atoms with Crippen molar-refractivity contribution in [2.45, 2.75) is 19.8 Å². The SMILES string of the molecule is CCCCN(CCBr)c1ccncc1Br. The zero-order valence-corrected chi connectivity index (χ0v) is 12.1. The molecule has 0 fully saturated rings. The topological polar surface area (TPSA) is 16.1 Å². The second-order valence-corrected chi connectivity index (χ2v) is 5.00. The minimum absolute atomic E-state index is 0.992. The summed E-state index contributed by atoms with van der Waals surface area (Å²) in [5.74, 6) is 0. The van der Waals surface area contributed by atoms with E-state index in [0.29, 0.717) is 0 Å². The summed E-state index contributed by atoms with van der Waals surface area (Å²) >= 11 is 7.03. The van der Waals surface area contributed by atoms with Gasteiger partial charge in [0.1, 0.15) is 0 Å². The average Bonchev–Trinajstić information content (AvgIpc) is 2.25. The molecule has 0 amide bonds. The second kappa shape index (κ2) is 7.23. The second-order valence-electron chi connectivity index (χ2n) is 3.36. The number of hydrogen-bond acceptors (Lipinski definition) is 2. The largest absolute Gasteiger partial charge is 0.370 e. The number of halogens is 2. The van der Waals surface area contributed by atoms with Gasteiger partial charge in [-0.15, -0.1) is 0 Å². The number of aromatic nitrogens is 1. The first-order chi connectivity index (χ1) is 7.29. The first-order valence-corrected chi connectivity index (χ1v) is 7.11. The van der Waals surface area contributed by atoms with Gasteiger partial charge in [-0.2, -0.15) is 0 Å². The molecular formula is C11H16Br2N2. The van der Waals surface area contributed by atoms with E-state index in [1.165, 1.54) is 18.5 Å². The highest BCUT2D eigenvalue weighted by molar-refractivity contribution is 9.10. The molecule has 0 aromatic carbocycles. The Labute approximate surface area is 108 Å². The minimum atomic E-state index is 0.992. The number of alkyl halides is 1. The molecule has 0 aliphatic rings. The summed E-state index contributed by atoms with van der Waals surface area (Å²) < 4.78 is 1.07. The van der Waals surface area contributed by atoms with Crippen LogP contribution in [0.1, 0.15) is 19.8 Å². The van der Waals surface area contributed by atoms with E-state index in [-0.39, 0.29) is 0 Å². The lowest BCUT2D eigenvalue weighted by molar-refractivity contribution is 0.734. The van der Waals surface area contributed by atoms with Crippen LogP contribution < -0.4 is 4.90 Å². The molecule has 0 saturated carbocycles. The number of nitrogens with zero attached hydrogens (tertiary/aromatic N) is 2. The van der Waals surface area contributed by atoms with Crippen LogP contribution in [-0.4, -0.2) is 23.4 Å². The Hall–Kier alpha value is -0.0900. The quantitative estimate of drug-likeness (QED) is 0.734. The maximum atomic E-state index is 4.08. The maximum absolute atomic E-state index is 4.08. The Morgan fingerprint density at radius 2 is 2.20 bits per heavy atom. The van der Waals surface area contributed by atoms with Crippen LogP contribution in [0.2, 0.25) is 0 Å². The van der Waals surface area contributed by atoms with Crippen LogP contribution in [0.5, 0.6) is 0 Å². The van der Waals surface area contributed by atoms with Gasteiger partial charge in [-0.1, -0.05) is 29.3 Å². The summed E-state index contributed by atoms with van der Waals surface area (Å²) in [6.45, 7) is 4.35. The minimum Gasteiger partial charge on any atom is -0.370 e. The molecule has 0 aliphatic carbocycles. The van der Waals surface area contributed by atoms with Gasteiger partial charge in [0.2, 0.25) is 0 Å². The van der Waals surface area contributed by atoms with Gasteiger partial charge in [0.05, 0.1) is 10.2 Å². The van der Waals surface area contributed by atoms with Gasteiger partial charge in [0, 0.05) is 30.8 Å². The van der Waals surface area contributed by atoms with E-state index in [0.717, 1.165) is 22.9 Å². The average molecular weight is 336 g/mol.